The smallest absolute Gasteiger partial charge is 0.227 e. The van der Waals surface area contributed by atoms with E-state index in [4.69, 9.17) is 9.15 Å². The molecule has 2 aliphatic rings. The van der Waals surface area contributed by atoms with E-state index in [-0.39, 0.29) is 11.6 Å². The predicted molar refractivity (Wildman–Crippen MR) is 162 cm³/mol. The van der Waals surface area contributed by atoms with E-state index in [1.165, 1.54) is 22.3 Å². The van der Waals surface area contributed by atoms with Gasteiger partial charge in [-0.3, -0.25) is 9.97 Å². The molecule has 1 aliphatic carbocycles. The molecule has 6 nitrogen and oxygen atoms in total. The lowest BCUT2D eigenvalue weighted by molar-refractivity contribution is 0.154. The number of ether oxygens (including phenoxy) is 1. The molecule has 2 aromatic carbocycles. The Morgan fingerprint density at radius 1 is 0.829 bits per heavy atom. The summed E-state index contributed by atoms with van der Waals surface area (Å²) in [5, 5.41) is 3.21. The molecule has 0 saturated heterocycles. The Labute approximate surface area is 238 Å². The predicted octanol–water partition coefficient (Wildman–Crippen LogP) is 8.15. The first-order valence-corrected chi connectivity index (χ1v) is 13.5. The van der Waals surface area contributed by atoms with Gasteiger partial charge in [-0.15, -0.1) is 0 Å². The summed E-state index contributed by atoms with van der Waals surface area (Å²) in [7, 11) is 0. The van der Waals surface area contributed by atoms with Crippen molar-refractivity contribution in [1.82, 2.24) is 20.3 Å². The van der Waals surface area contributed by atoms with Crippen molar-refractivity contribution in [2.75, 3.05) is 0 Å². The van der Waals surface area contributed by atoms with Crippen molar-refractivity contribution >= 4 is 12.2 Å². The van der Waals surface area contributed by atoms with Crippen molar-refractivity contribution in [3.8, 4) is 44.8 Å². The van der Waals surface area contributed by atoms with Gasteiger partial charge < -0.3 is 14.5 Å². The minimum absolute atomic E-state index is 0.251. The van der Waals surface area contributed by atoms with Crippen LogP contribution in [0.25, 0.3) is 57.0 Å². The minimum atomic E-state index is -0.258. The molecule has 1 N–H and O–H groups in total. The molecule has 0 radical (unpaired) electrons. The molecule has 0 bridgehead atoms. The fourth-order valence-corrected chi connectivity index (χ4v) is 6.06. The summed E-state index contributed by atoms with van der Waals surface area (Å²) >= 11 is 0. The normalized spacial score (nSPS) is 16.0. The number of oxazole rings is 1. The monoisotopic (exact) mass is 536 g/mol. The van der Waals surface area contributed by atoms with Crippen LogP contribution < -0.4 is 5.32 Å². The SMILES string of the molecule is C=Cc1c(-c2cncc(C3NC=CO3)c2)cc2c(c1C=C)-c1ccc(-c3cncc(-c4ncco4)c3)cc1C2(C)C. The first kappa shape index (κ1) is 24.8. The van der Waals surface area contributed by atoms with Crippen molar-refractivity contribution in [3.63, 3.8) is 0 Å². The highest BCUT2D eigenvalue weighted by molar-refractivity contribution is 5.95. The van der Waals surface area contributed by atoms with E-state index in [1.54, 1.807) is 31.1 Å². The summed E-state index contributed by atoms with van der Waals surface area (Å²) < 4.78 is 11.2. The molecule has 5 aromatic rings. The van der Waals surface area contributed by atoms with Crippen LogP contribution in [0.15, 0.2) is 104 Å². The lowest BCUT2D eigenvalue weighted by Crippen LogP contribution is -2.15. The summed E-state index contributed by atoms with van der Waals surface area (Å²) in [4.78, 5) is 13.3. The maximum absolute atomic E-state index is 5.68. The maximum atomic E-state index is 5.68. The van der Waals surface area contributed by atoms with E-state index in [9.17, 15) is 0 Å². The van der Waals surface area contributed by atoms with Gasteiger partial charge in [0.25, 0.3) is 0 Å². The van der Waals surface area contributed by atoms with E-state index in [0.29, 0.717) is 5.89 Å². The molecule has 0 saturated carbocycles. The van der Waals surface area contributed by atoms with Crippen LogP contribution in [0.1, 0.15) is 47.9 Å². The fraction of sp³-hybridized carbons (Fsp3) is 0.114. The second-order valence-corrected chi connectivity index (χ2v) is 10.8. The van der Waals surface area contributed by atoms with Gasteiger partial charge in [-0.2, -0.15) is 0 Å². The van der Waals surface area contributed by atoms with Crippen molar-refractivity contribution in [3.05, 3.63) is 127 Å². The molecule has 41 heavy (non-hydrogen) atoms. The van der Waals surface area contributed by atoms with Crippen molar-refractivity contribution in [1.29, 1.82) is 0 Å². The van der Waals surface area contributed by atoms with Crippen LogP contribution in [0.3, 0.4) is 0 Å². The van der Waals surface area contributed by atoms with Crippen LogP contribution in [0.2, 0.25) is 0 Å². The van der Waals surface area contributed by atoms with E-state index in [0.717, 1.165) is 44.5 Å². The number of hydrogen-bond acceptors (Lipinski definition) is 6. The molecule has 4 heterocycles. The van der Waals surface area contributed by atoms with Crippen molar-refractivity contribution < 1.29 is 9.15 Å². The quantitative estimate of drug-likeness (QED) is 0.236. The Morgan fingerprint density at radius 2 is 1.63 bits per heavy atom. The summed E-state index contributed by atoms with van der Waals surface area (Å²) in [5.74, 6) is 0.554. The maximum Gasteiger partial charge on any atom is 0.227 e. The molecule has 0 amide bonds. The zero-order valence-corrected chi connectivity index (χ0v) is 22.9. The second kappa shape index (κ2) is 9.45. The van der Waals surface area contributed by atoms with Crippen LogP contribution >= 0.6 is 0 Å². The van der Waals surface area contributed by atoms with Crippen LogP contribution in [-0.2, 0) is 10.2 Å². The third kappa shape index (κ3) is 3.91. The van der Waals surface area contributed by atoms with Gasteiger partial charge in [-0.1, -0.05) is 51.3 Å². The van der Waals surface area contributed by atoms with Gasteiger partial charge in [0.2, 0.25) is 5.89 Å². The van der Waals surface area contributed by atoms with E-state index in [2.05, 4.69) is 83.7 Å². The number of pyridine rings is 2. The standard InChI is InChI=1S/C35H28N4O2/c1-5-26-27(6-2)32-28-8-7-21(22-13-24(19-36-17-22)33-38-9-11-40-33)15-30(28)35(3,4)31(32)16-29(26)23-14-25(20-37-18-23)34-39-10-12-41-34/h5-20,34,39H,1-2H2,3-4H3. The minimum Gasteiger partial charge on any atom is -0.473 e. The molecule has 1 atom stereocenters. The largest absolute Gasteiger partial charge is 0.473 e. The Hall–Kier alpha value is -5.23. The van der Waals surface area contributed by atoms with Crippen LogP contribution in [-0.4, -0.2) is 15.0 Å². The Morgan fingerprint density at radius 3 is 2.39 bits per heavy atom. The Kier molecular flexibility index (Phi) is 5.71. The van der Waals surface area contributed by atoms with Crippen LogP contribution in [0.5, 0.6) is 0 Å². The summed E-state index contributed by atoms with van der Waals surface area (Å²) in [6.07, 6.45) is 17.7. The van der Waals surface area contributed by atoms with Crippen LogP contribution in [0.4, 0.5) is 0 Å². The van der Waals surface area contributed by atoms with E-state index < -0.39 is 0 Å². The summed E-state index contributed by atoms with van der Waals surface area (Å²) in [6, 6.07) is 13.1. The third-order valence-corrected chi connectivity index (χ3v) is 8.11. The van der Waals surface area contributed by atoms with Gasteiger partial charge in [-0.25, -0.2) is 4.98 Å². The summed E-state index contributed by atoms with van der Waals surface area (Å²) in [6.45, 7) is 13.0. The van der Waals surface area contributed by atoms with Gasteiger partial charge in [-0.05, 0) is 68.8 Å². The molecule has 0 spiro atoms. The molecule has 0 fully saturated rings. The third-order valence-electron chi connectivity index (χ3n) is 8.11. The second-order valence-electron chi connectivity index (χ2n) is 10.8. The highest BCUT2D eigenvalue weighted by atomic mass is 16.5. The van der Waals surface area contributed by atoms with Gasteiger partial charge in [0.15, 0.2) is 6.23 Å². The summed E-state index contributed by atoms with van der Waals surface area (Å²) in [5.41, 5.74) is 12.7. The highest BCUT2D eigenvalue weighted by Gasteiger charge is 2.38. The number of benzene rings is 2. The zero-order valence-electron chi connectivity index (χ0n) is 22.9. The number of aromatic nitrogens is 3. The van der Waals surface area contributed by atoms with Crippen molar-refractivity contribution in [2.24, 2.45) is 0 Å². The number of fused-ring (bicyclic) bond motifs is 3. The molecule has 1 unspecified atom stereocenters. The van der Waals surface area contributed by atoms with Crippen LogP contribution in [0, 0.1) is 0 Å². The molecule has 7 rings (SSSR count). The fourth-order valence-electron chi connectivity index (χ4n) is 6.06. The van der Waals surface area contributed by atoms with Gasteiger partial charge >= 0.3 is 0 Å². The van der Waals surface area contributed by atoms with Crippen molar-refractivity contribution in [2.45, 2.75) is 25.5 Å². The average Bonchev–Trinajstić information content (AvgIpc) is 3.78. The Bertz CT molecular complexity index is 1860. The zero-order chi connectivity index (χ0) is 28.1. The molecular weight excluding hydrogens is 508 g/mol. The first-order valence-electron chi connectivity index (χ1n) is 13.5. The van der Waals surface area contributed by atoms with Gasteiger partial charge in [0, 0.05) is 53.1 Å². The Balaban J connectivity index is 1.37. The first-order chi connectivity index (χ1) is 20.0. The molecular formula is C35H28N4O2. The lowest BCUT2D eigenvalue weighted by atomic mass is 9.79. The molecule has 3 aromatic heterocycles. The topological polar surface area (TPSA) is 73.1 Å². The highest BCUT2D eigenvalue weighted by Crippen LogP contribution is 2.53. The van der Waals surface area contributed by atoms with Gasteiger partial charge in [0.05, 0.1) is 11.8 Å². The number of nitrogens with one attached hydrogen (secondary N) is 1. The lowest BCUT2D eigenvalue weighted by Gasteiger charge is -2.24. The number of hydrogen-bond donors (Lipinski definition) is 1. The molecule has 1 aliphatic heterocycles. The number of rotatable bonds is 6. The molecule has 200 valence electrons. The van der Waals surface area contributed by atoms with Gasteiger partial charge in [0.1, 0.15) is 12.5 Å². The average molecular weight is 537 g/mol. The number of nitrogens with zero attached hydrogens (tertiary/aromatic N) is 3. The van der Waals surface area contributed by atoms with E-state index >= 15 is 0 Å². The molecule has 6 heteroatoms. The van der Waals surface area contributed by atoms with E-state index in [1.807, 2.05) is 30.7 Å².